The van der Waals surface area contributed by atoms with Gasteiger partial charge in [0.05, 0.1) is 6.10 Å². The first kappa shape index (κ1) is 16.9. The van der Waals surface area contributed by atoms with E-state index in [4.69, 9.17) is 0 Å². The number of likely N-dealkylation sites (tertiary alicyclic amines) is 1. The second kappa shape index (κ2) is 5.22. The molecule has 9 atom stereocenters. The summed E-state index contributed by atoms with van der Waals surface area (Å²) < 4.78 is 0. The van der Waals surface area contributed by atoms with Crippen molar-refractivity contribution in [2.75, 3.05) is 7.05 Å². The third kappa shape index (κ3) is 1.97. The van der Waals surface area contributed by atoms with Gasteiger partial charge in [-0.3, -0.25) is 4.79 Å². The van der Waals surface area contributed by atoms with Crippen molar-refractivity contribution in [2.45, 2.75) is 78.4 Å². The zero-order valence-corrected chi connectivity index (χ0v) is 16.1. The molecular formula is C21H35NO2. The Morgan fingerprint density at radius 3 is 2.46 bits per heavy atom. The molecule has 4 rings (SSSR count). The van der Waals surface area contributed by atoms with E-state index in [1.54, 1.807) is 0 Å². The third-order valence-electron chi connectivity index (χ3n) is 9.21. The van der Waals surface area contributed by atoms with E-state index in [0.29, 0.717) is 29.7 Å². The van der Waals surface area contributed by atoms with Crippen LogP contribution in [0.3, 0.4) is 0 Å². The number of hydrogen-bond donors (Lipinski definition) is 1. The van der Waals surface area contributed by atoms with Gasteiger partial charge in [0.25, 0.3) is 0 Å². The first-order chi connectivity index (χ1) is 11.2. The minimum Gasteiger partial charge on any atom is -0.392 e. The van der Waals surface area contributed by atoms with Gasteiger partial charge in [0.1, 0.15) is 0 Å². The lowest BCUT2D eigenvalue weighted by Crippen LogP contribution is -2.63. The van der Waals surface area contributed by atoms with Gasteiger partial charge in [0.2, 0.25) is 5.91 Å². The molecular weight excluding hydrogens is 298 g/mol. The Morgan fingerprint density at radius 2 is 1.75 bits per heavy atom. The fraction of sp³-hybridized carbons (Fsp3) is 0.952. The molecule has 0 spiro atoms. The standard InChI is InChI=1S/C21H35NO2/c1-12-11-16-20(3,9-7-17(23)22(16)5)14-6-8-21(4)15(18(12)14)10-13(2)19(21)24/h12-16,18-19,24H,6-11H2,1-5H3/t12?,13?,14-,15+,16?,18-,19?,20-,21+/m1/s1. The highest BCUT2D eigenvalue weighted by molar-refractivity contribution is 5.77. The van der Waals surface area contributed by atoms with E-state index in [0.717, 1.165) is 37.5 Å². The van der Waals surface area contributed by atoms with Crippen molar-refractivity contribution in [2.24, 2.45) is 40.4 Å². The number of fused-ring (bicyclic) bond motifs is 5. The molecule has 0 aromatic rings. The van der Waals surface area contributed by atoms with Crippen LogP contribution < -0.4 is 0 Å². The molecule has 0 bridgehead atoms. The lowest BCUT2D eigenvalue weighted by atomic mass is 9.45. The van der Waals surface area contributed by atoms with Crippen LogP contribution in [0.2, 0.25) is 0 Å². The van der Waals surface area contributed by atoms with E-state index >= 15 is 0 Å². The number of amides is 1. The molecule has 1 heterocycles. The lowest BCUT2D eigenvalue weighted by Gasteiger charge is -2.63. The predicted molar refractivity (Wildman–Crippen MR) is 95.3 cm³/mol. The summed E-state index contributed by atoms with van der Waals surface area (Å²) in [5, 5.41) is 10.8. The molecule has 0 aromatic carbocycles. The fourth-order valence-electron chi connectivity index (χ4n) is 7.80. The van der Waals surface area contributed by atoms with Crippen molar-refractivity contribution >= 4 is 5.91 Å². The molecule has 1 aliphatic heterocycles. The molecule has 24 heavy (non-hydrogen) atoms. The summed E-state index contributed by atoms with van der Waals surface area (Å²) in [6.07, 6.45) is 6.41. The summed E-state index contributed by atoms with van der Waals surface area (Å²) in [7, 11) is 2.03. The molecule has 1 amide bonds. The van der Waals surface area contributed by atoms with Crippen LogP contribution >= 0.6 is 0 Å². The third-order valence-corrected chi connectivity index (χ3v) is 9.21. The number of carbonyl (C=O) groups is 1. The van der Waals surface area contributed by atoms with Gasteiger partial charge in [0.15, 0.2) is 0 Å². The molecule has 3 saturated carbocycles. The number of aliphatic hydroxyl groups is 1. The highest BCUT2D eigenvalue weighted by Crippen LogP contribution is 2.66. The molecule has 4 fully saturated rings. The van der Waals surface area contributed by atoms with Crippen LogP contribution in [-0.4, -0.2) is 35.1 Å². The summed E-state index contributed by atoms with van der Waals surface area (Å²) in [4.78, 5) is 14.3. The summed E-state index contributed by atoms with van der Waals surface area (Å²) in [5.41, 5.74) is 0.395. The molecule has 4 unspecified atom stereocenters. The van der Waals surface area contributed by atoms with Gasteiger partial charge in [-0.15, -0.1) is 0 Å². The summed E-state index contributed by atoms with van der Waals surface area (Å²) in [6, 6.07) is 0.420. The highest BCUT2D eigenvalue weighted by atomic mass is 16.3. The van der Waals surface area contributed by atoms with Gasteiger partial charge < -0.3 is 10.0 Å². The summed E-state index contributed by atoms with van der Waals surface area (Å²) >= 11 is 0. The normalized spacial score (nSPS) is 57.3. The summed E-state index contributed by atoms with van der Waals surface area (Å²) in [6.45, 7) is 9.50. The number of piperidine rings is 1. The van der Waals surface area contributed by atoms with E-state index in [1.165, 1.54) is 12.8 Å². The first-order valence-electron chi connectivity index (χ1n) is 10.1. The first-order valence-corrected chi connectivity index (χ1v) is 10.1. The Balaban J connectivity index is 1.71. The van der Waals surface area contributed by atoms with Crippen molar-refractivity contribution in [3.8, 4) is 0 Å². The Hall–Kier alpha value is -0.570. The molecule has 0 aromatic heterocycles. The van der Waals surface area contributed by atoms with E-state index in [9.17, 15) is 9.90 Å². The van der Waals surface area contributed by atoms with Crippen molar-refractivity contribution in [3.05, 3.63) is 0 Å². The van der Waals surface area contributed by atoms with E-state index in [-0.39, 0.29) is 16.9 Å². The second-order valence-corrected chi connectivity index (χ2v) is 10.2. The number of rotatable bonds is 0. The number of hydrogen-bond acceptors (Lipinski definition) is 2. The monoisotopic (exact) mass is 333 g/mol. The van der Waals surface area contributed by atoms with Crippen LogP contribution in [0, 0.1) is 40.4 Å². The Bertz CT molecular complexity index is 548. The Kier molecular flexibility index (Phi) is 3.67. The zero-order valence-electron chi connectivity index (χ0n) is 16.1. The molecule has 1 N–H and O–H groups in total. The molecule has 4 aliphatic rings. The molecule has 3 nitrogen and oxygen atoms in total. The summed E-state index contributed by atoms with van der Waals surface area (Å²) in [5.74, 6) is 3.55. The fourth-order valence-corrected chi connectivity index (χ4v) is 7.80. The Morgan fingerprint density at radius 1 is 1.04 bits per heavy atom. The topological polar surface area (TPSA) is 40.5 Å². The maximum atomic E-state index is 12.3. The van der Waals surface area contributed by atoms with Crippen LogP contribution in [-0.2, 0) is 4.79 Å². The van der Waals surface area contributed by atoms with Gasteiger partial charge in [-0.2, -0.15) is 0 Å². The highest BCUT2D eigenvalue weighted by Gasteiger charge is 2.63. The van der Waals surface area contributed by atoms with Gasteiger partial charge in [-0.05, 0) is 72.5 Å². The number of carbonyl (C=O) groups excluding carboxylic acids is 1. The predicted octanol–water partition coefficient (Wildman–Crippen LogP) is 3.70. The van der Waals surface area contributed by atoms with Crippen LogP contribution in [0.4, 0.5) is 0 Å². The quantitative estimate of drug-likeness (QED) is 0.734. The molecule has 136 valence electrons. The van der Waals surface area contributed by atoms with Crippen LogP contribution in [0.25, 0.3) is 0 Å². The van der Waals surface area contributed by atoms with E-state index in [2.05, 4.69) is 32.6 Å². The van der Waals surface area contributed by atoms with E-state index in [1.807, 2.05) is 7.05 Å². The smallest absolute Gasteiger partial charge is 0.222 e. The van der Waals surface area contributed by atoms with E-state index < -0.39 is 0 Å². The molecule has 0 radical (unpaired) electrons. The van der Waals surface area contributed by atoms with Gasteiger partial charge >= 0.3 is 0 Å². The van der Waals surface area contributed by atoms with Crippen molar-refractivity contribution in [3.63, 3.8) is 0 Å². The van der Waals surface area contributed by atoms with Crippen molar-refractivity contribution < 1.29 is 9.90 Å². The number of nitrogens with zero attached hydrogens (tertiary/aromatic N) is 1. The molecule has 3 aliphatic carbocycles. The minimum absolute atomic E-state index is 0.119. The Labute approximate surface area is 147 Å². The van der Waals surface area contributed by atoms with Crippen LogP contribution in [0.5, 0.6) is 0 Å². The minimum atomic E-state index is -0.128. The van der Waals surface area contributed by atoms with Gasteiger partial charge in [0, 0.05) is 19.5 Å². The molecule has 3 heteroatoms. The SMILES string of the molecule is CC1C[C@H]2[C@@H]3C(C)CC4N(C)C(=O)CC[C@]4(C)[C@@H]3CC[C@]2(C)C1O. The van der Waals surface area contributed by atoms with Crippen molar-refractivity contribution in [1.29, 1.82) is 0 Å². The molecule has 1 saturated heterocycles. The average molecular weight is 334 g/mol. The van der Waals surface area contributed by atoms with Crippen LogP contribution in [0.1, 0.15) is 66.2 Å². The zero-order chi connectivity index (χ0) is 17.4. The maximum absolute atomic E-state index is 12.3. The van der Waals surface area contributed by atoms with Crippen molar-refractivity contribution in [1.82, 2.24) is 4.90 Å². The van der Waals surface area contributed by atoms with Gasteiger partial charge in [-0.1, -0.05) is 27.7 Å². The average Bonchev–Trinajstić information content (AvgIpc) is 2.77. The second-order valence-electron chi connectivity index (χ2n) is 10.2. The maximum Gasteiger partial charge on any atom is 0.222 e. The van der Waals surface area contributed by atoms with Crippen LogP contribution in [0.15, 0.2) is 0 Å². The van der Waals surface area contributed by atoms with Gasteiger partial charge in [-0.25, -0.2) is 0 Å². The number of aliphatic hydroxyl groups excluding tert-OH is 1. The lowest BCUT2D eigenvalue weighted by molar-refractivity contribution is -0.169. The largest absolute Gasteiger partial charge is 0.392 e.